The molecule has 0 unspecified atom stereocenters. The van der Waals surface area contributed by atoms with Crippen molar-refractivity contribution in [3.05, 3.63) is 125 Å². The highest BCUT2D eigenvalue weighted by Crippen LogP contribution is 2.25. The van der Waals surface area contributed by atoms with E-state index in [9.17, 15) is 14.7 Å². The number of methoxy groups -OCH3 is 1. The Morgan fingerprint density at radius 2 is 1.51 bits per heavy atom. The molecule has 0 radical (unpaired) electrons. The Morgan fingerprint density at radius 1 is 0.800 bits per heavy atom. The molecule has 0 aliphatic carbocycles. The number of amides is 1. The SMILES string of the molecule is COc1cccc(CCN(Cc2ccc(-c3ccccc3C(=O)O)cc2)C(=O)c2ccccc2)c1. The van der Waals surface area contributed by atoms with Crippen LogP contribution < -0.4 is 4.74 Å². The van der Waals surface area contributed by atoms with Gasteiger partial charge >= 0.3 is 5.97 Å². The van der Waals surface area contributed by atoms with Gasteiger partial charge in [0.25, 0.3) is 5.91 Å². The fourth-order valence-electron chi connectivity index (χ4n) is 4.04. The summed E-state index contributed by atoms with van der Waals surface area (Å²) in [6.07, 6.45) is 0.694. The maximum Gasteiger partial charge on any atom is 0.336 e. The molecule has 4 aromatic rings. The van der Waals surface area contributed by atoms with Crippen LogP contribution in [-0.2, 0) is 13.0 Å². The van der Waals surface area contributed by atoms with Gasteiger partial charge in [-0.3, -0.25) is 4.79 Å². The van der Waals surface area contributed by atoms with Crippen molar-refractivity contribution in [1.82, 2.24) is 4.90 Å². The quantitative estimate of drug-likeness (QED) is 0.332. The Balaban J connectivity index is 1.55. The summed E-state index contributed by atoms with van der Waals surface area (Å²) in [4.78, 5) is 26.8. The lowest BCUT2D eigenvalue weighted by atomic mass is 9.98. The van der Waals surface area contributed by atoms with Crippen molar-refractivity contribution in [2.45, 2.75) is 13.0 Å². The molecule has 0 atom stereocenters. The topological polar surface area (TPSA) is 66.8 Å². The second-order valence-corrected chi connectivity index (χ2v) is 8.24. The third-order valence-corrected chi connectivity index (χ3v) is 5.91. The molecule has 0 saturated carbocycles. The van der Waals surface area contributed by atoms with Crippen LogP contribution >= 0.6 is 0 Å². The maximum atomic E-state index is 13.3. The molecule has 5 nitrogen and oxygen atoms in total. The van der Waals surface area contributed by atoms with E-state index in [0.717, 1.165) is 22.4 Å². The van der Waals surface area contributed by atoms with Gasteiger partial charge < -0.3 is 14.7 Å². The molecule has 0 aliphatic heterocycles. The zero-order chi connectivity index (χ0) is 24.6. The van der Waals surface area contributed by atoms with E-state index < -0.39 is 5.97 Å². The lowest BCUT2D eigenvalue weighted by molar-refractivity contribution is 0.0696. The first-order chi connectivity index (χ1) is 17.0. The van der Waals surface area contributed by atoms with E-state index in [1.165, 1.54) is 0 Å². The average molecular weight is 466 g/mol. The molecule has 1 amide bonds. The molecule has 0 aliphatic rings. The summed E-state index contributed by atoms with van der Waals surface area (Å²) in [6, 6.07) is 31.8. The molecule has 176 valence electrons. The number of carbonyl (C=O) groups excluding carboxylic acids is 1. The number of carboxylic acids is 1. The first-order valence-electron chi connectivity index (χ1n) is 11.4. The minimum atomic E-state index is -0.957. The Kier molecular flexibility index (Phi) is 7.58. The number of carbonyl (C=O) groups is 2. The summed E-state index contributed by atoms with van der Waals surface area (Å²) >= 11 is 0. The van der Waals surface area contributed by atoms with Crippen molar-refractivity contribution < 1.29 is 19.4 Å². The molecule has 1 N–H and O–H groups in total. The van der Waals surface area contributed by atoms with Crippen LogP contribution in [0, 0.1) is 0 Å². The van der Waals surface area contributed by atoms with E-state index >= 15 is 0 Å². The minimum Gasteiger partial charge on any atom is -0.497 e. The summed E-state index contributed by atoms with van der Waals surface area (Å²) < 4.78 is 5.33. The zero-order valence-corrected chi connectivity index (χ0v) is 19.6. The van der Waals surface area contributed by atoms with Crippen LogP contribution in [0.4, 0.5) is 0 Å². The minimum absolute atomic E-state index is 0.0335. The van der Waals surface area contributed by atoms with Crippen molar-refractivity contribution in [3.63, 3.8) is 0 Å². The summed E-state index contributed by atoms with van der Waals surface area (Å²) in [5.74, 6) is -0.198. The highest BCUT2D eigenvalue weighted by molar-refractivity contribution is 5.96. The van der Waals surface area contributed by atoms with Crippen LogP contribution in [0.25, 0.3) is 11.1 Å². The van der Waals surface area contributed by atoms with E-state index in [4.69, 9.17) is 4.74 Å². The summed E-state index contributed by atoms with van der Waals surface area (Å²) in [5.41, 5.74) is 4.46. The number of hydrogen-bond donors (Lipinski definition) is 1. The van der Waals surface area contributed by atoms with Crippen LogP contribution in [0.1, 0.15) is 31.8 Å². The van der Waals surface area contributed by atoms with E-state index in [1.54, 1.807) is 25.3 Å². The highest BCUT2D eigenvalue weighted by Gasteiger charge is 2.17. The van der Waals surface area contributed by atoms with Crippen molar-refractivity contribution >= 4 is 11.9 Å². The number of rotatable bonds is 9. The van der Waals surface area contributed by atoms with E-state index in [-0.39, 0.29) is 11.5 Å². The van der Waals surface area contributed by atoms with Gasteiger partial charge in [0.1, 0.15) is 5.75 Å². The second-order valence-electron chi connectivity index (χ2n) is 8.24. The van der Waals surface area contributed by atoms with Gasteiger partial charge in [0, 0.05) is 18.7 Å². The highest BCUT2D eigenvalue weighted by atomic mass is 16.5. The van der Waals surface area contributed by atoms with Crippen molar-refractivity contribution in [2.24, 2.45) is 0 Å². The number of nitrogens with zero attached hydrogens (tertiary/aromatic N) is 1. The molecule has 0 fully saturated rings. The first kappa shape index (κ1) is 23.8. The first-order valence-corrected chi connectivity index (χ1v) is 11.4. The number of carboxylic acid groups (broad SMARTS) is 1. The van der Waals surface area contributed by atoms with E-state index in [0.29, 0.717) is 30.6 Å². The fraction of sp³-hybridized carbons (Fsp3) is 0.133. The van der Waals surface area contributed by atoms with Crippen LogP contribution in [0.2, 0.25) is 0 Å². The molecular formula is C30H27NO4. The van der Waals surface area contributed by atoms with E-state index in [1.807, 2.05) is 89.8 Å². The predicted octanol–water partition coefficient (Wildman–Crippen LogP) is 5.95. The molecule has 0 spiro atoms. The van der Waals surface area contributed by atoms with Crippen LogP contribution in [0.15, 0.2) is 103 Å². The second kappa shape index (κ2) is 11.2. The van der Waals surface area contributed by atoms with Crippen LogP contribution in [0.5, 0.6) is 5.75 Å². The molecule has 35 heavy (non-hydrogen) atoms. The van der Waals surface area contributed by atoms with Gasteiger partial charge in [-0.15, -0.1) is 0 Å². The number of ether oxygens (including phenoxy) is 1. The normalized spacial score (nSPS) is 10.5. The van der Waals surface area contributed by atoms with Gasteiger partial charge in [-0.25, -0.2) is 4.79 Å². The van der Waals surface area contributed by atoms with Gasteiger partial charge in [-0.05, 0) is 59.0 Å². The maximum absolute atomic E-state index is 13.3. The molecule has 0 heterocycles. The number of hydrogen-bond acceptors (Lipinski definition) is 3. The van der Waals surface area contributed by atoms with Crippen molar-refractivity contribution in [1.29, 1.82) is 0 Å². The van der Waals surface area contributed by atoms with Crippen molar-refractivity contribution in [2.75, 3.05) is 13.7 Å². The largest absolute Gasteiger partial charge is 0.497 e. The monoisotopic (exact) mass is 465 g/mol. The third kappa shape index (κ3) is 5.95. The van der Waals surface area contributed by atoms with Gasteiger partial charge in [-0.2, -0.15) is 0 Å². The standard InChI is InChI=1S/C30H27NO4/c1-35-26-11-7-8-22(20-26)18-19-31(29(32)25-9-3-2-4-10-25)21-23-14-16-24(17-15-23)27-12-5-6-13-28(27)30(33)34/h2-17,20H,18-19,21H2,1H3,(H,33,34). The predicted molar refractivity (Wildman–Crippen MR) is 137 cm³/mol. The molecule has 0 aromatic heterocycles. The number of benzene rings is 4. The summed E-state index contributed by atoms with van der Waals surface area (Å²) in [7, 11) is 1.64. The molecule has 0 saturated heterocycles. The molecule has 5 heteroatoms. The summed E-state index contributed by atoms with van der Waals surface area (Å²) in [6.45, 7) is 0.989. The summed E-state index contributed by atoms with van der Waals surface area (Å²) in [5, 5.41) is 9.50. The van der Waals surface area contributed by atoms with Gasteiger partial charge in [0.2, 0.25) is 0 Å². The number of aromatic carboxylic acids is 1. The lowest BCUT2D eigenvalue weighted by Gasteiger charge is -2.23. The molecule has 4 aromatic carbocycles. The lowest BCUT2D eigenvalue weighted by Crippen LogP contribution is -2.32. The molecule has 4 rings (SSSR count). The molecule has 0 bridgehead atoms. The van der Waals surface area contributed by atoms with Gasteiger partial charge in [-0.1, -0.05) is 72.8 Å². The van der Waals surface area contributed by atoms with Crippen molar-refractivity contribution in [3.8, 4) is 16.9 Å². The van der Waals surface area contributed by atoms with E-state index in [2.05, 4.69) is 0 Å². The Morgan fingerprint density at radius 3 is 2.23 bits per heavy atom. The Hall–Kier alpha value is -4.38. The van der Waals surface area contributed by atoms with Crippen LogP contribution in [0.3, 0.4) is 0 Å². The Bertz CT molecular complexity index is 1300. The zero-order valence-electron chi connectivity index (χ0n) is 19.6. The van der Waals surface area contributed by atoms with Gasteiger partial charge in [0.15, 0.2) is 0 Å². The Labute approximate surface area is 205 Å². The third-order valence-electron chi connectivity index (χ3n) is 5.91. The average Bonchev–Trinajstić information content (AvgIpc) is 2.91. The van der Waals surface area contributed by atoms with Crippen LogP contribution in [-0.4, -0.2) is 35.5 Å². The molecular weight excluding hydrogens is 438 g/mol. The smallest absolute Gasteiger partial charge is 0.336 e. The van der Waals surface area contributed by atoms with Gasteiger partial charge in [0.05, 0.1) is 12.7 Å². The fourth-order valence-corrected chi connectivity index (χ4v) is 4.04.